The molecule has 2 rings (SSSR count). The highest BCUT2D eigenvalue weighted by Gasteiger charge is 2.06. The fourth-order valence-corrected chi connectivity index (χ4v) is 1.22. The van der Waals surface area contributed by atoms with Crippen LogP contribution in [0.5, 0.6) is 5.75 Å². The van der Waals surface area contributed by atoms with Gasteiger partial charge in [-0.15, -0.1) is 0 Å². The lowest BCUT2D eigenvalue weighted by molar-refractivity contribution is 0.453. The average molecular weight is 160 g/mol. The van der Waals surface area contributed by atoms with E-state index < -0.39 is 0 Å². The molecule has 1 aliphatic heterocycles. The van der Waals surface area contributed by atoms with E-state index in [2.05, 4.69) is 4.99 Å². The molecule has 4 heteroatoms. The van der Waals surface area contributed by atoms with Crippen LogP contribution in [0.2, 0.25) is 0 Å². The molecule has 3 nitrogen and oxygen atoms in total. The Labute approximate surface area is 71.0 Å². The van der Waals surface area contributed by atoms with Gasteiger partial charge in [-0.05, 0) is 29.3 Å². The highest BCUT2D eigenvalue weighted by molar-refractivity contribution is 6.17. The molecule has 0 spiro atoms. The molecule has 0 fully saturated rings. The Morgan fingerprint density at radius 2 is 2.42 bits per heavy atom. The number of rotatable bonds is 2. The molecule has 1 aromatic rings. The van der Waals surface area contributed by atoms with Crippen molar-refractivity contribution < 1.29 is 9.68 Å². The first-order chi connectivity index (χ1) is 5.90. The fourth-order valence-electron chi connectivity index (χ4n) is 1.22. The molecule has 0 aliphatic carbocycles. The summed E-state index contributed by atoms with van der Waals surface area (Å²) in [4.78, 5) is 4.10. The van der Waals surface area contributed by atoms with Crippen LogP contribution in [0.25, 0.3) is 0 Å². The van der Waals surface area contributed by atoms with Gasteiger partial charge < -0.3 is 9.68 Å². The highest BCUT2D eigenvalue weighted by atomic mass is 16.5. The second-order valence-electron chi connectivity index (χ2n) is 2.55. The van der Waals surface area contributed by atoms with Crippen LogP contribution in [0.15, 0.2) is 23.2 Å². The van der Waals surface area contributed by atoms with Crippen LogP contribution in [0, 0.1) is 0 Å². The smallest absolute Gasteiger partial charge is 0.537 e. The molecule has 1 N–H and O–H groups in total. The second kappa shape index (κ2) is 2.99. The Balaban J connectivity index is 2.29. The molecule has 0 bridgehead atoms. The largest absolute Gasteiger partial charge is 0.569 e. The molecule has 0 aromatic heterocycles. The molecule has 1 aromatic carbocycles. The van der Waals surface area contributed by atoms with E-state index in [1.165, 1.54) is 0 Å². The predicted molar refractivity (Wildman–Crippen MR) is 46.3 cm³/mol. The van der Waals surface area contributed by atoms with Gasteiger partial charge in [0.1, 0.15) is 5.75 Å². The molecule has 1 aliphatic rings. The molecular weight excluding hydrogens is 153 g/mol. The van der Waals surface area contributed by atoms with Gasteiger partial charge in [0.15, 0.2) is 0 Å². The first-order valence-corrected chi connectivity index (χ1v) is 3.65. The standard InChI is InChI=1S/C8H7BNO2/c11-9-12-8-2-1-6-4-10-5-7(6)3-8/h1-4,11H,5H2. The number of hydrogen-bond acceptors (Lipinski definition) is 3. The molecule has 12 heavy (non-hydrogen) atoms. The molecule has 0 unspecified atom stereocenters. The lowest BCUT2D eigenvalue weighted by Crippen LogP contribution is -2.00. The van der Waals surface area contributed by atoms with Gasteiger partial charge in [-0.25, -0.2) is 0 Å². The van der Waals surface area contributed by atoms with Crippen molar-refractivity contribution in [1.82, 2.24) is 0 Å². The summed E-state index contributed by atoms with van der Waals surface area (Å²) >= 11 is 0. The molecule has 1 radical (unpaired) electrons. The van der Waals surface area contributed by atoms with Crippen LogP contribution in [-0.4, -0.2) is 18.9 Å². The summed E-state index contributed by atoms with van der Waals surface area (Å²) in [5, 5.41) is 8.39. The van der Waals surface area contributed by atoms with Crippen LogP contribution in [-0.2, 0) is 6.54 Å². The Kier molecular flexibility index (Phi) is 1.83. The summed E-state index contributed by atoms with van der Waals surface area (Å²) in [6.07, 6.45) is 1.84. The van der Waals surface area contributed by atoms with Crippen molar-refractivity contribution in [2.75, 3.05) is 0 Å². The van der Waals surface area contributed by atoms with Crippen LogP contribution >= 0.6 is 0 Å². The monoisotopic (exact) mass is 160 g/mol. The number of nitrogens with zero attached hydrogens (tertiary/aromatic N) is 1. The molecule has 0 atom stereocenters. The van der Waals surface area contributed by atoms with Crippen molar-refractivity contribution >= 4 is 13.9 Å². The van der Waals surface area contributed by atoms with Gasteiger partial charge in [-0.1, -0.05) is 0 Å². The average Bonchev–Trinajstić information content (AvgIpc) is 2.51. The number of benzene rings is 1. The summed E-state index contributed by atoms with van der Waals surface area (Å²) in [5.41, 5.74) is 2.26. The quantitative estimate of drug-likeness (QED) is 0.640. The van der Waals surface area contributed by atoms with E-state index in [4.69, 9.17) is 9.68 Å². The number of fused-ring (bicyclic) bond motifs is 1. The summed E-state index contributed by atoms with van der Waals surface area (Å²) in [7, 11) is 0.678. The van der Waals surface area contributed by atoms with Crippen molar-refractivity contribution in [2.24, 2.45) is 4.99 Å². The Bertz CT molecular complexity index is 325. The lowest BCUT2D eigenvalue weighted by atomic mass is 10.1. The topological polar surface area (TPSA) is 41.8 Å². The summed E-state index contributed by atoms with van der Waals surface area (Å²) in [5.74, 6) is 0.641. The minimum Gasteiger partial charge on any atom is -0.537 e. The molecule has 59 valence electrons. The van der Waals surface area contributed by atoms with Crippen LogP contribution in [0.3, 0.4) is 0 Å². The van der Waals surface area contributed by atoms with E-state index in [9.17, 15) is 0 Å². The highest BCUT2D eigenvalue weighted by Crippen LogP contribution is 2.20. The van der Waals surface area contributed by atoms with Crippen LogP contribution in [0.1, 0.15) is 11.1 Å². The SMILES string of the molecule is O[B]Oc1ccc2c(c1)CN=C2. The first-order valence-electron chi connectivity index (χ1n) is 3.65. The van der Waals surface area contributed by atoms with E-state index in [0.717, 1.165) is 11.1 Å². The van der Waals surface area contributed by atoms with Gasteiger partial charge in [0.2, 0.25) is 0 Å². The Morgan fingerprint density at radius 3 is 3.25 bits per heavy atom. The van der Waals surface area contributed by atoms with Gasteiger partial charge in [0, 0.05) is 6.21 Å². The first kappa shape index (κ1) is 7.37. The second-order valence-corrected chi connectivity index (χ2v) is 2.55. The third kappa shape index (κ3) is 1.21. The van der Waals surface area contributed by atoms with E-state index in [-0.39, 0.29) is 0 Å². The third-order valence-electron chi connectivity index (χ3n) is 1.80. The Hall–Kier alpha value is -1.29. The zero-order valence-electron chi connectivity index (χ0n) is 6.40. The maximum atomic E-state index is 8.39. The molecule has 1 heterocycles. The van der Waals surface area contributed by atoms with E-state index >= 15 is 0 Å². The number of hydrogen-bond donors (Lipinski definition) is 1. The van der Waals surface area contributed by atoms with Crippen molar-refractivity contribution in [3.05, 3.63) is 29.3 Å². The summed E-state index contributed by atoms with van der Waals surface area (Å²) in [6, 6.07) is 5.59. The van der Waals surface area contributed by atoms with Crippen molar-refractivity contribution in [3.63, 3.8) is 0 Å². The van der Waals surface area contributed by atoms with Gasteiger partial charge in [0.25, 0.3) is 0 Å². The van der Waals surface area contributed by atoms with Crippen molar-refractivity contribution in [3.8, 4) is 5.75 Å². The summed E-state index contributed by atoms with van der Waals surface area (Å²) < 4.78 is 4.81. The predicted octanol–water partition coefficient (Wildman–Crippen LogP) is 0.524. The maximum Gasteiger partial charge on any atom is 0.569 e. The minimum atomic E-state index is 0.641. The van der Waals surface area contributed by atoms with Gasteiger partial charge in [0.05, 0.1) is 6.54 Å². The van der Waals surface area contributed by atoms with E-state index in [0.29, 0.717) is 20.0 Å². The van der Waals surface area contributed by atoms with E-state index in [1.54, 1.807) is 6.07 Å². The fraction of sp³-hybridized carbons (Fsp3) is 0.125. The van der Waals surface area contributed by atoms with Crippen LogP contribution in [0.4, 0.5) is 0 Å². The third-order valence-corrected chi connectivity index (χ3v) is 1.80. The lowest BCUT2D eigenvalue weighted by Gasteiger charge is -2.02. The molecule has 0 amide bonds. The summed E-state index contributed by atoms with van der Waals surface area (Å²) in [6.45, 7) is 0.706. The maximum absolute atomic E-state index is 8.39. The Morgan fingerprint density at radius 1 is 1.50 bits per heavy atom. The minimum absolute atomic E-state index is 0.641. The molecule has 0 saturated carbocycles. The van der Waals surface area contributed by atoms with E-state index in [1.807, 2.05) is 18.3 Å². The van der Waals surface area contributed by atoms with Gasteiger partial charge in [-0.2, -0.15) is 0 Å². The van der Waals surface area contributed by atoms with Crippen LogP contribution < -0.4 is 4.65 Å². The normalized spacial score (nSPS) is 12.8. The zero-order chi connectivity index (χ0) is 8.39. The van der Waals surface area contributed by atoms with Gasteiger partial charge >= 0.3 is 7.69 Å². The molecular formula is C8H7BNO2. The molecule has 0 saturated heterocycles. The zero-order valence-corrected chi connectivity index (χ0v) is 6.40. The number of aliphatic imine (C=N–C) groups is 1. The van der Waals surface area contributed by atoms with Crippen molar-refractivity contribution in [1.29, 1.82) is 0 Å². The van der Waals surface area contributed by atoms with Gasteiger partial charge in [-0.3, -0.25) is 4.99 Å². The van der Waals surface area contributed by atoms with Crippen molar-refractivity contribution in [2.45, 2.75) is 6.54 Å².